The summed E-state index contributed by atoms with van der Waals surface area (Å²) in [6, 6.07) is 6.43. The Morgan fingerprint density at radius 3 is 2.72 bits per heavy atom. The fraction of sp³-hybridized carbons (Fsp3) is 0.364. The van der Waals surface area contributed by atoms with Gasteiger partial charge in [-0.25, -0.2) is 13.1 Å². The van der Waals surface area contributed by atoms with Crippen molar-refractivity contribution in [1.82, 2.24) is 4.72 Å². The van der Waals surface area contributed by atoms with Crippen LogP contribution in [0.3, 0.4) is 0 Å². The van der Waals surface area contributed by atoms with E-state index >= 15 is 0 Å². The second kappa shape index (κ2) is 6.18. The van der Waals surface area contributed by atoms with Crippen LogP contribution in [-0.4, -0.2) is 22.1 Å². The van der Waals surface area contributed by atoms with Crippen LogP contribution in [0, 0.1) is 17.2 Å². The average molecular weight is 333 g/mol. The summed E-state index contributed by atoms with van der Waals surface area (Å²) in [5, 5.41) is 8.61. The lowest BCUT2D eigenvalue weighted by molar-refractivity contribution is 0.411. The summed E-state index contributed by atoms with van der Waals surface area (Å²) in [6.07, 6.45) is 0. The lowest BCUT2D eigenvalue weighted by Crippen LogP contribution is -2.28. The molecule has 18 heavy (non-hydrogen) atoms. The second-order valence-corrected chi connectivity index (χ2v) is 6.30. The van der Waals surface area contributed by atoms with Gasteiger partial charge in [0, 0.05) is 6.54 Å². The number of nitriles is 1. The molecule has 1 unspecified atom stereocenters. The molecule has 1 N–H and O–H groups in total. The Balaban J connectivity index is 2.93. The van der Waals surface area contributed by atoms with E-state index in [2.05, 4.69) is 20.7 Å². The van der Waals surface area contributed by atoms with Crippen LogP contribution in [0.4, 0.5) is 0 Å². The minimum atomic E-state index is -3.60. The molecule has 0 radical (unpaired) electrons. The largest absolute Gasteiger partial charge is 0.496 e. The Labute approximate surface area is 115 Å². The lowest BCUT2D eigenvalue weighted by Gasteiger charge is -2.09. The minimum Gasteiger partial charge on any atom is -0.496 e. The van der Waals surface area contributed by atoms with Crippen LogP contribution < -0.4 is 9.46 Å². The van der Waals surface area contributed by atoms with E-state index in [9.17, 15) is 8.42 Å². The van der Waals surface area contributed by atoms with Gasteiger partial charge in [-0.2, -0.15) is 5.26 Å². The molecule has 1 aromatic rings. The standard InChI is InChI=1S/C11H13BrN2O3S/c1-8(6-13)7-14-18(15,16)9-3-4-11(17-2)10(12)5-9/h3-5,8,14H,7H2,1-2H3. The van der Waals surface area contributed by atoms with Crippen LogP contribution in [0.1, 0.15) is 6.92 Å². The number of hydrogen-bond acceptors (Lipinski definition) is 4. The Morgan fingerprint density at radius 2 is 2.22 bits per heavy atom. The van der Waals surface area contributed by atoms with Gasteiger partial charge in [-0.05, 0) is 41.1 Å². The fourth-order valence-corrected chi connectivity index (χ4v) is 3.03. The van der Waals surface area contributed by atoms with Crippen molar-refractivity contribution in [3.05, 3.63) is 22.7 Å². The predicted molar refractivity (Wildman–Crippen MR) is 70.7 cm³/mol. The average Bonchev–Trinajstić information content (AvgIpc) is 2.35. The quantitative estimate of drug-likeness (QED) is 0.892. The Hall–Kier alpha value is -1.10. The summed E-state index contributed by atoms with van der Waals surface area (Å²) in [7, 11) is -2.10. The Morgan fingerprint density at radius 1 is 1.56 bits per heavy atom. The highest BCUT2D eigenvalue weighted by Gasteiger charge is 2.16. The van der Waals surface area contributed by atoms with Crippen LogP contribution in [-0.2, 0) is 10.0 Å². The molecule has 0 spiro atoms. The SMILES string of the molecule is COc1ccc(S(=O)(=O)NCC(C)C#N)cc1Br. The van der Waals surface area contributed by atoms with Gasteiger partial charge in [0.25, 0.3) is 0 Å². The van der Waals surface area contributed by atoms with Crippen LogP contribution in [0.15, 0.2) is 27.6 Å². The van der Waals surface area contributed by atoms with Gasteiger partial charge in [0.1, 0.15) is 5.75 Å². The van der Waals surface area contributed by atoms with Gasteiger partial charge in [0.2, 0.25) is 10.0 Å². The number of halogens is 1. The summed E-state index contributed by atoms with van der Waals surface area (Å²) >= 11 is 3.22. The number of nitrogens with one attached hydrogen (secondary N) is 1. The highest BCUT2D eigenvalue weighted by Crippen LogP contribution is 2.27. The lowest BCUT2D eigenvalue weighted by atomic mass is 10.2. The van der Waals surface area contributed by atoms with Gasteiger partial charge in [-0.3, -0.25) is 0 Å². The molecule has 98 valence electrons. The van der Waals surface area contributed by atoms with E-state index in [1.54, 1.807) is 13.0 Å². The van der Waals surface area contributed by atoms with Crippen LogP contribution in [0.5, 0.6) is 5.75 Å². The molecule has 0 aliphatic heterocycles. The number of hydrogen-bond donors (Lipinski definition) is 1. The first-order chi connectivity index (χ1) is 8.40. The molecule has 0 saturated carbocycles. The van der Waals surface area contributed by atoms with Crippen molar-refractivity contribution in [2.45, 2.75) is 11.8 Å². The van der Waals surface area contributed by atoms with Crippen LogP contribution in [0.25, 0.3) is 0 Å². The third kappa shape index (κ3) is 3.70. The highest BCUT2D eigenvalue weighted by molar-refractivity contribution is 9.10. The number of benzene rings is 1. The molecule has 0 aliphatic carbocycles. The summed E-state index contributed by atoms with van der Waals surface area (Å²) < 4.78 is 31.8. The Bertz CT molecular complexity index is 566. The first-order valence-corrected chi connectivity index (χ1v) is 7.41. The number of rotatable bonds is 5. The molecular weight excluding hydrogens is 320 g/mol. The summed E-state index contributed by atoms with van der Waals surface area (Å²) in [5.41, 5.74) is 0. The van der Waals surface area contributed by atoms with E-state index in [1.807, 2.05) is 6.07 Å². The van der Waals surface area contributed by atoms with Gasteiger partial charge in [-0.1, -0.05) is 0 Å². The van der Waals surface area contributed by atoms with E-state index in [-0.39, 0.29) is 17.4 Å². The van der Waals surface area contributed by atoms with Crippen molar-refractivity contribution in [2.75, 3.05) is 13.7 Å². The normalized spacial score (nSPS) is 12.8. The number of nitrogens with zero attached hydrogens (tertiary/aromatic N) is 1. The molecule has 7 heteroatoms. The zero-order valence-electron chi connectivity index (χ0n) is 9.97. The van der Waals surface area contributed by atoms with Crippen molar-refractivity contribution < 1.29 is 13.2 Å². The molecule has 0 amide bonds. The predicted octanol–water partition coefficient (Wildman–Crippen LogP) is 1.90. The maximum atomic E-state index is 11.9. The molecule has 0 aromatic heterocycles. The fourth-order valence-electron chi connectivity index (χ4n) is 1.18. The maximum Gasteiger partial charge on any atom is 0.240 e. The van der Waals surface area contributed by atoms with Crippen molar-refractivity contribution in [1.29, 1.82) is 5.26 Å². The molecule has 0 heterocycles. The molecule has 0 fully saturated rings. The molecule has 1 rings (SSSR count). The highest BCUT2D eigenvalue weighted by atomic mass is 79.9. The molecule has 1 atom stereocenters. The molecule has 1 aromatic carbocycles. The van der Waals surface area contributed by atoms with E-state index in [0.29, 0.717) is 10.2 Å². The summed E-state index contributed by atoms with van der Waals surface area (Å²) in [6.45, 7) is 1.73. The van der Waals surface area contributed by atoms with Crippen LogP contribution in [0.2, 0.25) is 0 Å². The molecule has 0 bridgehead atoms. The molecule has 5 nitrogen and oxygen atoms in total. The van der Waals surface area contributed by atoms with Gasteiger partial charge in [0.15, 0.2) is 0 Å². The first-order valence-electron chi connectivity index (χ1n) is 5.13. The van der Waals surface area contributed by atoms with Crippen molar-refractivity contribution in [3.8, 4) is 11.8 Å². The van der Waals surface area contributed by atoms with Gasteiger partial charge in [-0.15, -0.1) is 0 Å². The third-order valence-corrected chi connectivity index (χ3v) is 4.27. The summed E-state index contributed by atoms with van der Waals surface area (Å²) in [4.78, 5) is 0.125. The first kappa shape index (κ1) is 15.0. The third-order valence-electron chi connectivity index (χ3n) is 2.23. The number of methoxy groups -OCH3 is 1. The molecule has 0 saturated heterocycles. The maximum absolute atomic E-state index is 11.9. The van der Waals surface area contributed by atoms with Crippen molar-refractivity contribution in [2.24, 2.45) is 5.92 Å². The van der Waals surface area contributed by atoms with Crippen LogP contribution >= 0.6 is 15.9 Å². The zero-order valence-corrected chi connectivity index (χ0v) is 12.4. The number of ether oxygens (including phenoxy) is 1. The molecular formula is C11H13BrN2O3S. The molecule has 0 aliphatic rings. The van der Waals surface area contributed by atoms with E-state index in [4.69, 9.17) is 10.00 Å². The Kier molecular flexibility index (Phi) is 5.14. The monoisotopic (exact) mass is 332 g/mol. The zero-order chi connectivity index (χ0) is 13.8. The topological polar surface area (TPSA) is 79.2 Å². The van der Waals surface area contributed by atoms with Gasteiger partial charge >= 0.3 is 0 Å². The van der Waals surface area contributed by atoms with Crippen molar-refractivity contribution >= 4 is 26.0 Å². The van der Waals surface area contributed by atoms with E-state index in [1.165, 1.54) is 19.2 Å². The smallest absolute Gasteiger partial charge is 0.240 e. The number of sulfonamides is 1. The minimum absolute atomic E-state index is 0.0858. The van der Waals surface area contributed by atoms with E-state index in [0.717, 1.165) is 0 Å². The van der Waals surface area contributed by atoms with E-state index < -0.39 is 10.0 Å². The van der Waals surface area contributed by atoms with Crippen molar-refractivity contribution in [3.63, 3.8) is 0 Å². The van der Waals surface area contributed by atoms with Gasteiger partial charge in [0.05, 0.1) is 28.5 Å². The second-order valence-electron chi connectivity index (χ2n) is 3.68. The summed E-state index contributed by atoms with van der Waals surface area (Å²) in [5.74, 6) is 0.181. The van der Waals surface area contributed by atoms with Gasteiger partial charge < -0.3 is 4.74 Å².